The van der Waals surface area contributed by atoms with Crippen LogP contribution in [0.5, 0.6) is 0 Å². The summed E-state index contributed by atoms with van der Waals surface area (Å²) in [7, 11) is 1.76. The Balaban J connectivity index is 2.58. The van der Waals surface area contributed by atoms with Crippen molar-refractivity contribution in [1.29, 1.82) is 0 Å². The minimum atomic E-state index is 0.613. The number of methoxy groups -OCH3 is 1. The Bertz CT molecular complexity index is 206. The molecule has 0 saturated carbocycles. The second kappa shape index (κ2) is 6.42. The van der Waals surface area contributed by atoms with Crippen molar-refractivity contribution in [1.82, 2.24) is 0 Å². The summed E-state index contributed by atoms with van der Waals surface area (Å²) >= 11 is 0.613. The summed E-state index contributed by atoms with van der Waals surface area (Å²) in [5, 5.41) is 0. The van der Waals surface area contributed by atoms with E-state index in [9.17, 15) is 0 Å². The Morgan fingerprint density at radius 3 is 3.00 bits per heavy atom. The molecule has 0 aromatic carbocycles. The molecule has 1 nitrogen and oxygen atoms in total. The van der Waals surface area contributed by atoms with Crippen LogP contribution in [-0.4, -0.2) is 28.7 Å². The van der Waals surface area contributed by atoms with Crippen molar-refractivity contribution in [2.24, 2.45) is 0 Å². The molecule has 0 saturated heterocycles. The van der Waals surface area contributed by atoms with Gasteiger partial charge in [0.1, 0.15) is 0 Å². The molecular formula is C11H18OSe. The third kappa shape index (κ3) is 3.68. The van der Waals surface area contributed by atoms with Gasteiger partial charge in [0.2, 0.25) is 0 Å². The van der Waals surface area contributed by atoms with Gasteiger partial charge in [-0.1, -0.05) is 0 Å². The molecule has 0 unspecified atom stereocenters. The van der Waals surface area contributed by atoms with Crippen LogP contribution in [-0.2, 0) is 4.74 Å². The summed E-state index contributed by atoms with van der Waals surface area (Å²) < 4.78 is 6.62. The van der Waals surface area contributed by atoms with E-state index in [2.05, 4.69) is 18.0 Å². The van der Waals surface area contributed by atoms with Gasteiger partial charge in [-0.3, -0.25) is 0 Å². The van der Waals surface area contributed by atoms with Gasteiger partial charge in [0.05, 0.1) is 0 Å². The van der Waals surface area contributed by atoms with E-state index in [1.165, 1.54) is 25.7 Å². The van der Waals surface area contributed by atoms with Crippen LogP contribution in [0.3, 0.4) is 0 Å². The van der Waals surface area contributed by atoms with Crippen molar-refractivity contribution in [2.45, 2.75) is 31.5 Å². The van der Waals surface area contributed by atoms with Gasteiger partial charge in [-0.2, -0.15) is 0 Å². The van der Waals surface area contributed by atoms with Gasteiger partial charge in [-0.25, -0.2) is 0 Å². The fourth-order valence-electron chi connectivity index (χ4n) is 1.57. The van der Waals surface area contributed by atoms with E-state index in [-0.39, 0.29) is 0 Å². The van der Waals surface area contributed by atoms with E-state index in [1.807, 2.05) is 0 Å². The van der Waals surface area contributed by atoms with Crippen LogP contribution in [0.4, 0.5) is 0 Å². The van der Waals surface area contributed by atoms with E-state index < -0.39 is 0 Å². The average molecular weight is 245 g/mol. The van der Waals surface area contributed by atoms with Crippen molar-refractivity contribution in [3.05, 3.63) is 22.2 Å². The Labute approximate surface area is 87.4 Å². The minimum absolute atomic E-state index is 0.613. The number of allylic oxidation sites excluding steroid dienone is 3. The Kier molecular flexibility index (Phi) is 5.45. The molecule has 2 heteroatoms. The predicted molar refractivity (Wildman–Crippen MR) is 58.1 cm³/mol. The van der Waals surface area contributed by atoms with Crippen LogP contribution in [0.15, 0.2) is 22.2 Å². The summed E-state index contributed by atoms with van der Waals surface area (Å²) in [5.41, 5.74) is 1.59. The molecule has 0 heterocycles. The molecule has 0 atom stereocenters. The first-order valence-corrected chi connectivity index (χ1v) is 7.38. The van der Waals surface area contributed by atoms with Gasteiger partial charge in [-0.05, 0) is 0 Å². The maximum atomic E-state index is 5.07. The molecule has 0 radical (unpaired) electrons. The topological polar surface area (TPSA) is 9.23 Å². The SMILES string of the molecule is COC/C=C(\[Se]C)C1=CCCCC1. The van der Waals surface area contributed by atoms with Gasteiger partial charge in [0, 0.05) is 0 Å². The average Bonchev–Trinajstić information content (AvgIpc) is 2.21. The number of hydrogen-bond donors (Lipinski definition) is 0. The van der Waals surface area contributed by atoms with E-state index in [0.717, 1.165) is 6.61 Å². The molecule has 0 fully saturated rings. The van der Waals surface area contributed by atoms with Crippen LogP contribution < -0.4 is 0 Å². The number of hydrogen-bond acceptors (Lipinski definition) is 1. The van der Waals surface area contributed by atoms with Crippen LogP contribution in [0.2, 0.25) is 5.82 Å². The van der Waals surface area contributed by atoms with Crippen LogP contribution in [0.25, 0.3) is 0 Å². The summed E-state index contributed by atoms with van der Waals surface area (Å²) in [6.07, 6.45) is 9.96. The molecule has 1 aliphatic carbocycles. The third-order valence-corrected chi connectivity index (χ3v) is 4.09. The number of rotatable bonds is 4. The maximum absolute atomic E-state index is 5.07. The van der Waals surface area contributed by atoms with Gasteiger partial charge in [0.15, 0.2) is 0 Å². The van der Waals surface area contributed by atoms with Gasteiger partial charge in [-0.15, -0.1) is 0 Å². The molecule has 0 aromatic rings. The van der Waals surface area contributed by atoms with Crippen LogP contribution >= 0.6 is 0 Å². The normalized spacial score (nSPS) is 18.6. The molecule has 0 N–H and O–H groups in total. The summed E-state index contributed by atoms with van der Waals surface area (Å²) in [5.74, 6) is 2.28. The van der Waals surface area contributed by atoms with Crippen molar-refractivity contribution < 1.29 is 4.74 Å². The quantitative estimate of drug-likeness (QED) is 0.692. The zero-order valence-electron chi connectivity index (χ0n) is 8.51. The summed E-state index contributed by atoms with van der Waals surface area (Å²) in [6.45, 7) is 0.766. The fraction of sp³-hybridized carbons (Fsp3) is 0.636. The van der Waals surface area contributed by atoms with E-state index in [0.29, 0.717) is 15.0 Å². The first kappa shape index (κ1) is 11.0. The van der Waals surface area contributed by atoms with E-state index >= 15 is 0 Å². The zero-order chi connectivity index (χ0) is 9.52. The summed E-state index contributed by atoms with van der Waals surface area (Å²) in [4.78, 5) is 0. The standard InChI is InChI=1S/C11H18OSe/c1-12-9-8-11(13-2)10-6-4-3-5-7-10/h6,8H,3-5,7,9H2,1-2H3/b11-8-. The molecule has 0 amide bonds. The van der Waals surface area contributed by atoms with Crippen molar-refractivity contribution in [2.75, 3.05) is 13.7 Å². The zero-order valence-corrected chi connectivity index (χ0v) is 10.2. The van der Waals surface area contributed by atoms with E-state index in [4.69, 9.17) is 4.74 Å². The third-order valence-electron chi connectivity index (χ3n) is 2.26. The summed E-state index contributed by atoms with van der Waals surface area (Å²) in [6, 6.07) is 0. The Morgan fingerprint density at radius 1 is 1.62 bits per heavy atom. The van der Waals surface area contributed by atoms with Crippen molar-refractivity contribution in [3.8, 4) is 0 Å². The van der Waals surface area contributed by atoms with Crippen LogP contribution in [0.1, 0.15) is 25.7 Å². The number of ether oxygens (including phenoxy) is 1. The molecule has 13 heavy (non-hydrogen) atoms. The molecule has 1 rings (SSSR count). The molecular weight excluding hydrogens is 227 g/mol. The monoisotopic (exact) mass is 246 g/mol. The molecule has 0 aliphatic heterocycles. The van der Waals surface area contributed by atoms with Crippen LogP contribution in [0, 0.1) is 0 Å². The van der Waals surface area contributed by atoms with Crippen molar-refractivity contribution >= 4 is 15.0 Å². The second-order valence-electron chi connectivity index (χ2n) is 3.20. The van der Waals surface area contributed by atoms with E-state index in [1.54, 1.807) is 17.2 Å². The van der Waals surface area contributed by atoms with Gasteiger partial charge in [0.25, 0.3) is 0 Å². The molecule has 0 bridgehead atoms. The Morgan fingerprint density at radius 2 is 2.46 bits per heavy atom. The van der Waals surface area contributed by atoms with Crippen molar-refractivity contribution in [3.63, 3.8) is 0 Å². The predicted octanol–water partition coefficient (Wildman–Crippen LogP) is 2.77. The first-order valence-electron chi connectivity index (χ1n) is 4.81. The molecule has 74 valence electrons. The molecule has 0 spiro atoms. The van der Waals surface area contributed by atoms with Gasteiger partial charge >= 0.3 is 87.1 Å². The fourth-order valence-corrected chi connectivity index (χ4v) is 3.00. The Hall–Kier alpha value is -0.0405. The molecule has 0 aromatic heterocycles. The first-order chi connectivity index (χ1) is 6.38. The molecule has 1 aliphatic rings. The van der Waals surface area contributed by atoms with Gasteiger partial charge < -0.3 is 0 Å². The second-order valence-corrected chi connectivity index (χ2v) is 4.98.